The molecule has 0 radical (unpaired) electrons. The van der Waals surface area contributed by atoms with Gasteiger partial charge in [0.25, 0.3) is 0 Å². The van der Waals surface area contributed by atoms with E-state index in [4.69, 9.17) is 16.3 Å². The fourth-order valence-electron chi connectivity index (χ4n) is 2.00. The minimum Gasteiger partial charge on any atom is -0.487 e. The molecule has 0 heterocycles. The summed E-state index contributed by atoms with van der Waals surface area (Å²) in [6.07, 6.45) is 8.30. The average molecular weight is 300 g/mol. The Hall–Kier alpha value is -1.29. The van der Waals surface area contributed by atoms with Gasteiger partial charge in [0.2, 0.25) is 0 Å². The maximum Gasteiger partial charge on any atom is 0.311 e. The van der Waals surface area contributed by atoms with Crippen LogP contribution in [0.5, 0.6) is 5.75 Å². The SMILES string of the molecule is CCCCCCCCCOc1cc(Cl)ccc1[N+](=O)[O-]. The number of unbranched alkanes of at least 4 members (excludes halogenated alkanes) is 6. The molecule has 0 saturated carbocycles. The molecule has 1 rings (SSSR count). The molecular formula is C15H22ClNO3. The van der Waals surface area contributed by atoms with Gasteiger partial charge < -0.3 is 4.74 Å². The van der Waals surface area contributed by atoms with E-state index in [0.717, 1.165) is 12.8 Å². The number of hydrogen-bond acceptors (Lipinski definition) is 3. The van der Waals surface area contributed by atoms with Crippen molar-refractivity contribution in [3.63, 3.8) is 0 Å². The Kier molecular flexibility index (Phi) is 8.04. The van der Waals surface area contributed by atoms with Gasteiger partial charge in [-0.2, -0.15) is 0 Å². The first-order valence-corrected chi connectivity index (χ1v) is 7.59. The van der Waals surface area contributed by atoms with Crippen molar-refractivity contribution >= 4 is 17.3 Å². The van der Waals surface area contributed by atoms with Crippen LogP contribution in [0.25, 0.3) is 0 Å². The summed E-state index contributed by atoms with van der Waals surface area (Å²) in [4.78, 5) is 10.4. The van der Waals surface area contributed by atoms with Crippen LogP contribution in [0, 0.1) is 10.1 Å². The smallest absolute Gasteiger partial charge is 0.311 e. The summed E-state index contributed by atoms with van der Waals surface area (Å²) < 4.78 is 5.48. The molecule has 0 atom stereocenters. The van der Waals surface area contributed by atoms with Crippen molar-refractivity contribution in [3.05, 3.63) is 33.3 Å². The molecule has 0 aliphatic carbocycles. The van der Waals surface area contributed by atoms with Crippen LogP contribution >= 0.6 is 11.6 Å². The molecule has 20 heavy (non-hydrogen) atoms. The van der Waals surface area contributed by atoms with Crippen molar-refractivity contribution in [1.29, 1.82) is 0 Å². The van der Waals surface area contributed by atoms with E-state index in [-0.39, 0.29) is 11.4 Å². The molecule has 0 amide bonds. The highest BCUT2D eigenvalue weighted by molar-refractivity contribution is 6.30. The van der Waals surface area contributed by atoms with E-state index in [9.17, 15) is 10.1 Å². The molecule has 0 aromatic heterocycles. The first kappa shape index (κ1) is 16.8. The van der Waals surface area contributed by atoms with Crippen molar-refractivity contribution in [3.8, 4) is 5.75 Å². The van der Waals surface area contributed by atoms with E-state index < -0.39 is 4.92 Å². The predicted octanol–water partition coefficient (Wildman–Crippen LogP) is 5.38. The average Bonchev–Trinajstić information content (AvgIpc) is 2.41. The maximum atomic E-state index is 10.9. The monoisotopic (exact) mass is 299 g/mol. The third kappa shape index (κ3) is 6.24. The van der Waals surface area contributed by atoms with Crippen LogP contribution in [0.3, 0.4) is 0 Å². The van der Waals surface area contributed by atoms with Crippen LogP contribution in [-0.4, -0.2) is 11.5 Å². The van der Waals surface area contributed by atoms with Crippen molar-refractivity contribution in [2.24, 2.45) is 0 Å². The molecule has 112 valence electrons. The van der Waals surface area contributed by atoms with E-state index in [1.165, 1.54) is 50.3 Å². The lowest BCUT2D eigenvalue weighted by molar-refractivity contribution is -0.385. The second kappa shape index (κ2) is 9.59. The van der Waals surface area contributed by atoms with Gasteiger partial charge in [0.05, 0.1) is 11.5 Å². The Bertz CT molecular complexity index is 424. The van der Waals surface area contributed by atoms with Crippen LogP contribution in [0.4, 0.5) is 5.69 Å². The molecule has 0 N–H and O–H groups in total. The highest BCUT2D eigenvalue weighted by Crippen LogP contribution is 2.30. The number of hydrogen-bond donors (Lipinski definition) is 0. The van der Waals surface area contributed by atoms with Gasteiger partial charge in [0.1, 0.15) is 0 Å². The summed E-state index contributed by atoms with van der Waals surface area (Å²) >= 11 is 5.83. The Morgan fingerprint density at radius 3 is 2.45 bits per heavy atom. The molecule has 0 aliphatic rings. The predicted molar refractivity (Wildman–Crippen MR) is 81.6 cm³/mol. The molecule has 4 nitrogen and oxygen atoms in total. The number of nitro groups is 1. The summed E-state index contributed by atoms with van der Waals surface area (Å²) in [5.41, 5.74) is -0.0302. The Morgan fingerprint density at radius 1 is 1.15 bits per heavy atom. The number of nitro benzene ring substituents is 1. The van der Waals surface area contributed by atoms with Gasteiger partial charge in [-0.15, -0.1) is 0 Å². The quantitative estimate of drug-likeness (QED) is 0.331. The molecule has 0 fully saturated rings. The van der Waals surface area contributed by atoms with Gasteiger partial charge in [-0.3, -0.25) is 10.1 Å². The number of halogens is 1. The van der Waals surface area contributed by atoms with Gasteiger partial charge in [0, 0.05) is 17.2 Å². The zero-order chi connectivity index (χ0) is 14.8. The summed E-state index contributed by atoms with van der Waals surface area (Å²) in [6, 6.07) is 4.38. The maximum absolute atomic E-state index is 10.9. The minimum absolute atomic E-state index is 0.0302. The van der Waals surface area contributed by atoms with Crippen molar-refractivity contribution in [2.75, 3.05) is 6.61 Å². The fraction of sp³-hybridized carbons (Fsp3) is 0.600. The Balaban J connectivity index is 2.28. The van der Waals surface area contributed by atoms with Crippen LogP contribution in [-0.2, 0) is 0 Å². The number of nitrogens with zero attached hydrogens (tertiary/aromatic N) is 1. The van der Waals surface area contributed by atoms with E-state index in [0.29, 0.717) is 11.6 Å². The standard InChI is InChI=1S/C15H22ClNO3/c1-2-3-4-5-6-7-8-11-20-15-12-13(16)9-10-14(15)17(18)19/h9-10,12H,2-8,11H2,1H3. The third-order valence-corrected chi connectivity index (χ3v) is 3.36. The van der Waals surface area contributed by atoms with Crippen molar-refractivity contribution < 1.29 is 9.66 Å². The topological polar surface area (TPSA) is 52.4 Å². The van der Waals surface area contributed by atoms with Crippen molar-refractivity contribution in [1.82, 2.24) is 0 Å². The Labute approximate surface area is 125 Å². The second-order valence-electron chi connectivity index (χ2n) is 4.84. The molecule has 1 aromatic rings. The molecule has 0 aliphatic heterocycles. The van der Waals surface area contributed by atoms with E-state index in [1.54, 1.807) is 0 Å². The Morgan fingerprint density at radius 2 is 1.80 bits per heavy atom. The van der Waals surface area contributed by atoms with Crippen LogP contribution in [0.15, 0.2) is 18.2 Å². The van der Waals surface area contributed by atoms with Gasteiger partial charge in [-0.25, -0.2) is 0 Å². The molecule has 0 spiro atoms. The number of rotatable bonds is 10. The highest BCUT2D eigenvalue weighted by atomic mass is 35.5. The van der Waals surface area contributed by atoms with Gasteiger partial charge >= 0.3 is 5.69 Å². The van der Waals surface area contributed by atoms with Crippen LogP contribution in [0.2, 0.25) is 5.02 Å². The largest absolute Gasteiger partial charge is 0.487 e. The second-order valence-corrected chi connectivity index (χ2v) is 5.28. The van der Waals surface area contributed by atoms with Gasteiger partial charge in [-0.05, 0) is 12.5 Å². The van der Waals surface area contributed by atoms with E-state index in [1.807, 2.05) is 0 Å². The van der Waals surface area contributed by atoms with Gasteiger partial charge in [-0.1, -0.05) is 57.0 Å². The van der Waals surface area contributed by atoms with E-state index >= 15 is 0 Å². The molecule has 0 saturated heterocycles. The molecule has 0 bridgehead atoms. The van der Waals surface area contributed by atoms with Crippen LogP contribution < -0.4 is 4.74 Å². The lowest BCUT2D eigenvalue weighted by Crippen LogP contribution is -2.00. The van der Waals surface area contributed by atoms with Crippen molar-refractivity contribution in [2.45, 2.75) is 51.9 Å². The molecule has 0 unspecified atom stereocenters. The zero-order valence-electron chi connectivity index (χ0n) is 11.9. The minimum atomic E-state index is -0.448. The van der Waals surface area contributed by atoms with Crippen LogP contribution in [0.1, 0.15) is 51.9 Å². The first-order valence-electron chi connectivity index (χ1n) is 7.22. The summed E-state index contributed by atoms with van der Waals surface area (Å²) in [5.74, 6) is 0.258. The summed E-state index contributed by atoms with van der Waals surface area (Å²) in [5, 5.41) is 11.3. The molecule has 5 heteroatoms. The number of ether oxygens (including phenoxy) is 1. The van der Waals surface area contributed by atoms with E-state index in [2.05, 4.69) is 6.92 Å². The summed E-state index contributed by atoms with van der Waals surface area (Å²) in [6.45, 7) is 2.70. The normalized spacial score (nSPS) is 10.5. The highest BCUT2D eigenvalue weighted by Gasteiger charge is 2.14. The molecular weight excluding hydrogens is 278 g/mol. The number of benzene rings is 1. The third-order valence-electron chi connectivity index (χ3n) is 3.12. The fourth-order valence-corrected chi connectivity index (χ4v) is 2.16. The lowest BCUT2D eigenvalue weighted by atomic mass is 10.1. The summed E-state index contributed by atoms with van der Waals surface area (Å²) in [7, 11) is 0. The van der Waals surface area contributed by atoms with Gasteiger partial charge in [0.15, 0.2) is 5.75 Å². The zero-order valence-corrected chi connectivity index (χ0v) is 12.7. The lowest BCUT2D eigenvalue weighted by Gasteiger charge is -2.07. The molecule has 1 aromatic carbocycles. The first-order chi connectivity index (χ1) is 9.65.